The van der Waals surface area contributed by atoms with Gasteiger partial charge < -0.3 is 10.0 Å². The van der Waals surface area contributed by atoms with Crippen LogP contribution in [0.5, 0.6) is 0 Å². The molecule has 5 rings (SSSR count). The Balaban J connectivity index is 1.30. The lowest BCUT2D eigenvalue weighted by molar-refractivity contribution is -0.143. The molecule has 2 aromatic rings. The number of imide groups is 1. The molecule has 1 atom stereocenters. The molecule has 3 aliphatic rings. The van der Waals surface area contributed by atoms with Gasteiger partial charge in [0, 0.05) is 51.4 Å². The number of anilines is 1. The number of piperidine rings is 1. The molecule has 2 N–H and O–H groups in total. The zero-order valence-electron chi connectivity index (χ0n) is 19.4. The van der Waals surface area contributed by atoms with Crippen LogP contribution in [0, 0.1) is 5.92 Å². The van der Waals surface area contributed by atoms with Crippen molar-refractivity contribution >= 4 is 34.5 Å². The Bertz CT molecular complexity index is 1180. The number of aliphatic carboxylic acids is 1. The second-order valence-electron chi connectivity index (χ2n) is 9.72. The van der Waals surface area contributed by atoms with Gasteiger partial charge in [0.15, 0.2) is 0 Å². The fourth-order valence-electron chi connectivity index (χ4n) is 5.81. The number of piperazine rings is 1. The number of nitrogens with zero attached hydrogens (tertiary/aromatic N) is 4. The van der Waals surface area contributed by atoms with Crippen molar-refractivity contribution in [3.63, 3.8) is 0 Å². The highest BCUT2D eigenvalue weighted by atomic mass is 16.4. The Labute approximate surface area is 197 Å². The van der Waals surface area contributed by atoms with E-state index in [1.807, 2.05) is 18.2 Å². The molecule has 1 aromatic heterocycles. The third kappa shape index (κ3) is 4.00. The van der Waals surface area contributed by atoms with Crippen LogP contribution in [-0.4, -0.2) is 69.1 Å². The lowest BCUT2D eigenvalue weighted by atomic mass is 9.85. The van der Waals surface area contributed by atoms with E-state index < -0.39 is 17.9 Å². The Morgan fingerprint density at radius 1 is 0.971 bits per heavy atom. The van der Waals surface area contributed by atoms with Crippen molar-refractivity contribution in [2.45, 2.75) is 50.6 Å². The van der Waals surface area contributed by atoms with Crippen LogP contribution in [-0.2, 0) is 21.4 Å². The van der Waals surface area contributed by atoms with Gasteiger partial charge in [0.2, 0.25) is 11.8 Å². The number of carboxylic acids is 1. The maximum absolute atomic E-state index is 13.0. The van der Waals surface area contributed by atoms with E-state index in [9.17, 15) is 24.3 Å². The molecule has 1 aromatic carbocycles. The molecule has 10 nitrogen and oxygen atoms in total. The van der Waals surface area contributed by atoms with Gasteiger partial charge in [-0.2, -0.15) is 0 Å². The monoisotopic (exact) mass is 469 g/mol. The van der Waals surface area contributed by atoms with Crippen molar-refractivity contribution in [2.24, 2.45) is 13.0 Å². The highest BCUT2D eigenvalue weighted by Crippen LogP contribution is 2.30. The summed E-state index contributed by atoms with van der Waals surface area (Å²) in [4.78, 5) is 52.9. The first-order valence-corrected chi connectivity index (χ1v) is 12.1. The van der Waals surface area contributed by atoms with Crippen LogP contribution in [0.4, 0.5) is 5.69 Å². The van der Waals surface area contributed by atoms with Gasteiger partial charge in [-0.1, -0.05) is 0 Å². The summed E-state index contributed by atoms with van der Waals surface area (Å²) in [6.45, 7) is 3.59. The van der Waals surface area contributed by atoms with Crippen LogP contribution in [0.3, 0.4) is 0 Å². The first-order chi connectivity index (χ1) is 16.3. The van der Waals surface area contributed by atoms with E-state index in [1.165, 1.54) is 4.57 Å². The number of hydrogen-bond donors (Lipinski definition) is 2. The van der Waals surface area contributed by atoms with Crippen LogP contribution in [0.15, 0.2) is 23.0 Å². The fraction of sp³-hybridized carbons (Fsp3) is 0.583. The van der Waals surface area contributed by atoms with Crippen molar-refractivity contribution < 1.29 is 19.5 Å². The van der Waals surface area contributed by atoms with Crippen molar-refractivity contribution in [2.75, 3.05) is 31.1 Å². The number of carbonyl (C=O) groups is 3. The Morgan fingerprint density at radius 3 is 2.32 bits per heavy atom. The number of amides is 2. The van der Waals surface area contributed by atoms with Gasteiger partial charge in [-0.3, -0.25) is 33.7 Å². The van der Waals surface area contributed by atoms with Crippen molar-refractivity contribution in [1.82, 2.24) is 19.4 Å². The first kappa shape index (κ1) is 22.6. The van der Waals surface area contributed by atoms with E-state index in [-0.39, 0.29) is 23.9 Å². The molecule has 10 heteroatoms. The molecule has 1 aliphatic carbocycles. The average molecular weight is 470 g/mol. The van der Waals surface area contributed by atoms with Crippen molar-refractivity contribution in [3.05, 3.63) is 28.7 Å². The van der Waals surface area contributed by atoms with Crippen LogP contribution < -0.4 is 15.9 Å². The molecule has 0 spiro atoms. The maximum Gasteiger partial charge on any atom is 0.329 e. The minimum Gasteiger partial charge on any atom is -0.481 e. The number of rotatable bonds is 4. The van der Waals surface area contributed by atoms with Gasteiger partial charge >= 0.3 is 11.7 Å². The molecule has 1 saturated carbocycles. The highest BCUT2D eigenvalue weighted by Gasteiger charge is 2.33. The standard InChI is InChI=1S/C24H31N5O5/c1-26-20-14-17(6-7-18(20)29(24(26)34)19-8-9-21(30)25-22(19)31)28-12-10-27(11-13-28)16-4-2-15(3-5-16)23(32)33/h6-7,14-16,19H,2-5,8-13H2,1H3,(H,32,33)(H,25,30,31). The molecular weight excluding hydrogens is 438 g/mol. The van der Waals surface area contributed by atoms with Gasteiger partial charge in [0.05, 0.1) is 17.0 Å². The third-order valence-electron chi connectivity index (χ3n) is 7.84. The molecule has 0 radical (unpaired) electrons. The number of carboxylic acid groups (broad SMARTS) is 1. The zero-order valence-corrected chi connectivity index (χ0v) is 19.4. The Kier molecular flexibility index (Phi) is 5.93. The normalized spacial score (nSPS) is 26.6. The van der Waals surface area contributed by atoms with Crippen molar-refractivity contribution in [1.29, 1.82) is 0 Å². The second-order valence-corrected chi connectivity index (χ2v) is 9.72. The van der Waals surface area contributed by atoms with E-state index in [0.29, 0.717) is 18.0 Å². The van der Waals surface area contributed by atoms with E-state index in [2.05, 4.69) is 15.1 Å². The molecule has 3 heterocycles. The van der Waals surface area contributed by atoms with Crippen LogP contribution in [0.2, 0.25) is 0 Å². The lowest BCUT2D eigenvalue weighted by Gasteiger charge is -2.42. The SMILES string of the molecule is Cn1c(=O)n(C2CCC(=O)NC2=O)c2ccc(N3CCN(C4CCC(C(=O)O)CC4)CC3)cc21. The lowest BCUT2D eigenvalue weighted by Crippen LogP contribution is -2.51. The topological polar surface area (TPSA) is 117 Å². The maximum atomic E-state index is 13.0. The number of carbonyl (C=O) groups excluding carboxylic acids is 2. The summed E-state index contributed by atoms with van der Waals surface area (Å²) >= 11 is 0. The summed E-state index contributed by atoms with van der Waals surface area (Å²) in [5, 5.41) is 11.6. The minimum atomic E-state index is -0.681. The number of hydrogen-bond acceptors (Lipinski definition) is 6. The average Bonchev–Trinajstić information content (AvgIpc) is 3.09. The molecule has 34 heavy (non-hydrogen) atoms. The summed E-state index contributed by atoms with van der Waals surface area (Å²) in [6, 6.07) is 5.68. The van der Waals surface area contributed by atoms with Gasteiger partial charge in [-0.25, -0.2) is 4.79 Å². The van der Waals surface area contributed by atoms with Crippen LogP contribution in [0.25, 0.3) is 11.0 Å². The number of imidazole rings is 1. The quantitative estimate of drug-likeness (QED) is 0.644. The predicted molar refractivity (Wildman–Crippen MR) is 126 cm³/mol. The summed E-state index contributed by atoms with van der Waals surface area (Å²) in [5.41, 5.74) is 2.24. The number of aromatic nitrogens is 2. The smallest absolute Gasteiger partial charge is 0.329 e. The van der Waals surface area contributed by atoms with Gasteiger partial charge in [-0.15, -0.1) is 0 Å². The second kappa shape index (κ2) is 8.90. The summed E-state index contributed by atoms with van der Waals surface area (Å²) < 4.78 is 3.08. The molecule has 2 aliphatic heterocycles. The fourth-order valence-corrected chi connectivity index (χ4v) is 5.81. The highest BCUT2D eigenvalue weighted by molar-refractivity contribution is 6.00. The van der Waals surface area contributed by atoms with Gasteiger partial charge in [-0.05, 0) is 50.3 Å². The number of nitrogens with one attached hydrogen (secondary N) is 1. The molecule has 182 valence electrons. The number of benzene rings is 1. The Morgan fingerprint density at radius 2 is 1.68 bits per heavy atom. The Hall–Kier alpha value is -3.14. The predicted octanol–water partition coefficient (Wildman–Crippen LogP) is 1.08. The van der Waals surface area contributed by atoms with Crippen LogP contribution >= 0.6 is 0 Å². The largest absolute Gasteiger partial charge is 0.481 e. The summed E-state index contributed by atoms with van der Waals surface area (Å²) in [5.74, 6) is -1.59. The third-order valence-corrected chi connectivity index (χ3v) is 7.84. The molecule has 2 amide bonds. The molecule has 0 bridgehead atoms. The summed E-state index contributed by atoms with van der Waals surface area (Å²) in [6.07, 6.45) is 3.95. The van der Waals surface area contributed by atoms with Crippen molar-refractivity contribution in [3.8, 4) is 0 Å². The number of fused-ring (bicyclic) bond motifs is 1. The van der Waals surface area contributed by atoms with Gasteiger partial charge in [0.25, 0.3) is 0 Å². The number of aryl methyl sites for hydroxylation is 1. The zero-order chi connectivity index (χ0) is 24.0. The van der Waals surface area contributed by atoms with Crippen LogP contribution in [0.1, 0.15) is 44.6 Å². The minimum absolute atomic E-state index is 0.191. The molecular formula is C24H31N5O5. The van der Waals surface area contributed by atoms with E-state index in [4.69, 9.17) is 0 Å². The van der Waals surface area contributed by atoms with Gasteiger partial charge in [0.1, 0.15) is 6.04 Å². The van der Waals surface area contributed by atoms with E-state index in [0.717, 1.165) is 63.1 Å². The molecule has 3 fully saturated rings. The van der Waals surface area contributed by atoms with E-state index >= 15 is 0 Å². The first-order valence-electron chi connectivity index (χ1n) is 12.1. The summed E-state index contributed by atoms with van der Waals surface area (Å²) in [7, 11) is 1.71. The molecule has 2 saturated heterocycles. The van der Waals surface area contributed by atoms with E-state index in [1.54, 1.807) is 11.6 Å². The molecule has 1 unspecified atom stereocenters.